The van der Waals surface area contributed by atoms with Gasteiger partial charge in [0.2, 0.25) is 0 Å². The molecule has 2 heterocycles. The Labute approximate surface area is 146 Å². The van der Waals surface area contributed by atoms with Crippen molar-refractivity contribution in [3.05, 3.63) is 42.2 Å². The first-order chi connectivity index (χ1) is 12.2. The van der Waals surface area contributed by atoms with Crippen LogP contribution in [0.4, 0.5) is 14.9 Å². The molecule has 132 valence electrons. The van der Waals surface area contributed by atoms with Crippen molar-refractivity contribution < 1.29 is 9.18 Å². The topological polar surface area (TPSA) is 63.1 Å². The maximum Gasteiger partial charge on any atom is 0.321 e. The predicted molar refractivity (Wildman–Crippen MR) is 91.5 cm³/mol. The van der Waals surface area contributed by atoms with E-state index in [0.717, 1.165) is 31.1 Å². The second kappa shape index (κ2) is 6.82. The van der Waals surface area contributed by atoms with Crippen LogP contribution in [0.5, 0.6) is 0 Å². The Balaban J connectivity index is 1.33. The summed E-state index contributed by atoms with van der Waals surface area (Å²) >= 11 is 0. The summed E-state index contributed by atoms with van der Waals surface area (Å²) in [5.41, 5.74) is 0.222. The van der Waals surface area contributed by atoms with E-state index in [0.29, 0.717) is 19.0 Å². The molecule has 1 unspecified atom stereocenters. The summed E-state index contributed by atoms with van der Waals surface area (Å²) in [6.45, 7) is 2.35. The van der Waals surface area contributed by atoms with E-state index in [4.69, 9.17) is 0 Å². The molecule has 2 amide bonds. The first-order valence-electron chi connectivity index (χ1n) is 8.86. The van der Waals surface area contributed by atoms with Crippen molar-refractivity contribution in [2.75, 3.05) is 18.4 Å². The molecule has 0 spiro atoms. The fourth-order valence-electron chi connectivity index (χ4n) is 3.37. The van der Waals surface area contributed by atoms with Gasteiger partial charge >= 0.3 is 6.03 Å². The number of likely N-dealkylation sites (tertiary alicyclic amines) is 1. The minimum Gasteiger partial charge on any atom is -0.324 e. The number of urea groups is 1. The smallest absolute Gasteiger partial charge is 0.321 e. The lowest BCUT2D eigenvalue weighted by Crippen LogP contribution is -2.33. The largest absolute Gasteiger partial charge is 0.324 e. The maximum absolute atomic E-state index is 13.7. The summed E-state index contributed by atoms with van der Waals surface area (Å²) in [6, 6.07) is 5.98. The van der Waals surface area contributed by atoms with Crippen molar-refractivity contribution in [1.82, 2.24) is 19.7 Å². The average Bonchev–Trinajstić information content (AvgIpc) is 3.12. The van der Waals surface area contributed by atoms with Crippen LogP contribution < -0.4 is 5.32 Å². The number of carbonyl (C=O) groups is 1. The van der Waals surface area contributed by atoms with Gasteiger partial charge < -0.3 is 14.8 Å². The Morgan fingerprint density at radius 3 is 2.88 bits per heavy atom. The number of carbonyl (C=O) groups excluding carboxylic acids is 1. The highest BCUT2D eigenvalue weighted by molar-refractivity contribution is 5.89. The normalized spacial score (nSPS) is 20.0. The van der Waals surface area contributed by atoms with Crippen LogP contribution in [0.25, 0.3) is 0 Å². The second-order valence-corrected chi connectivity index (χ2v) is 7.06. The van der Waals surface area contributed by atoms with E-state index in [-0.39, 0.29) is 11.7 Å². The lowest BCUT2D eigenvalue weighted by Gasteiger charge is -2.17. The fourth-order valence-corrected chi connectivity index (χ4v) is 3.37. The Kier molecular flexibility index (Phi) is 4.38. The SMILES string of the molecule is O=C(Nc1ccccc1F)N1CCC(Cc2nncn2CC2CC2)C1. The number of para-hydroxylation sites is 1. The van der Waals surface area contributed by atoms with Gasteiger partial charge in [0.15, 0.2) is 0 Å². The number of hydrogen-bond donors (Lipinski definition) is 1. The van der Waals surface area contributed by atoms with Crippen molar-refractivity contribution in [1.29, 1.82) is 0 Å². The molecule has 1 saturated carbocycles. The number of anilines is 1. The molecule has 1 atom stereocenters. The Hall–Kier alpha value is -2.44. The van der Waals surface area contributed by atoms with Gasteiger partial charge in [0.1, 0.15) is 18.0 Å². The van der Waals surface area contributed by atoms with Crippen LogP contribution in [0.15, 0.2) is 30.6 Å². The third-order valence-corrected chi connectivity index (χ3v) is 5.01. The third-order valence-electron chi connectivity index (χ3n) is 5.01. The molecule has 1 saturated heterocycles. The van der Waals surface area contributed by atoms with Gasteiger partial charge in [0.05, 0.1) is 5.69 Å². The van der Waals surface area contributed by atoms with Crippen LogP contribution >= 0.6 is 0 Å². The molecule has 2 aliphatic rings. The molecule has 1 aliphatic heterocycles. The minimum absolute atomic E-state index is 0.222. The zero-order valence-corrected chi connectivity index (χ0v) is 14.1. The molecule has 0 bridgehead atoms. The molecular weight excluding hydrogens is 321 g/mol. The highest BCUT2D eigenvalue weighted by atomic mass is 19.1. The van der Waals surface area contributed by atoms with E-state index in [2.05, 4.69) is 20.1 Å². The highest BCUT2D eigenvalue weighted by Crippen LogP contribution is 2.31. The first kappa shape index (κ1) is 16.1. The van der Waals surface area contributed by atoms with E-state index >= 15 is 0 Å². The van der Waals surface area contributed by atoms with Gasteiger partial charge in [-0.1, -0.05) is 12.1 Å². The summed E-state index contributed by atoms with van der Waals surface area (Å²) < 4.78 is 15.8. The highest BCUT2D eigenvalue weighted by Gasteiger charge is 2.29. The van der Waals surface area contributed by atoms with Gasteiger partial charge in [-0.25, -0.2) is 9.18 Å². The van der Waals surface area contributed by atoms with Gasteiger partial charge in [-0.05, 0) is 43.2 Å². The van der Waals surface area contributed by atoms with Crippen molar-refractivity contribution in [3.63, 3.8) is 0 Å². The molecule has 1 aromatic carbocycles. The summed E-state index contributed by atoms with van der Waals surface area (Å²) in [4.78, 5) is 14.1. The van der Waals surface area contributed by atoms with E-state index in [1.807, 2.05) is 6.33 Å². The van der Waals surface area contributed by atoms with E-state index in [1.54, 1.807) is 23.1 Å². The molecule has 2 aromatic rings. The quantitative estimate of drug-likeness (QED) is 0.908. The van der Waals surface area contributed by atoms with Crippen LogP contribution in [0.2, 0.25) is 0 Å². The number of benzene rings is 1. The number of aromatic nitrogens is 3. The van der Waals surface area contributed by atoms with Gasteiger partial charge in [-0.15, -0.1) is 10.2 Å². The Morgan fingerprint density at radius 1 is 1.24 bits per heavy atom. The number of amides is 2. The zero-order valence-electron chi connectivity index (χ0n) is 14.1. The monoisotopic (exact) mass is 343 g/mol. The number of halogens is 1. The average molecular weight is 343 g/mol. The summed E-state index contributed by atoms with van der Waals surface area (Å²) in [5.74, 6) is 1.74. The number of nitrogens with one attached hydrogen (secondary N) is 1. The standard InChI is InChI=1S/C18H22FN5O/c19-15-3-1-2-4-16(15)21-18(25)23-8-7-14(11-23)9-17-22-20-12-24(17)10-13-5-6-13/h1-4,12-14H,5-11H2,(H,21,25). The van der Waals surface area contributed by atoms with Crippen LogP contribution in [0, 0.1) is 17.7 Å². The van der Waals surface area contributed by atoms with E-state index in [9.17, 15) is 9.18 Å². The van der Waals surface area contributed by atoms with Crippen molar-refractivity contribution >= 4 is 11.7 Å². The maximum atomic E-state index is 13.7. The first-order valence-corrected chi connectivity index (χ1v) is 8.86. The molecule has 1 aliphatic carbocycles. The lowest BCUT2D eigenvalue weighted by atomic mass is 10.0. The molecule has 0 radical (unpaired) electrons. The summed E-state index contributed by atoms with van der Waals surface area (Å²) in [5, 5.41) is 11.0. The molecule has 25 heavy (non-hydrogen) atoms. The van der Waals surface area contributed by atoms with Gasteiger partial charge in [0.25, 0.3) is 0 Å². The molecule has 2 fully saturated rings. The Bertz CT molecular complexity index is 757. The van der Waals surface area contributed by atoms with Crippen LogP contribution in [-0.4, -0.2) is 38.8 Å². The number of hydrogen-bond acceptors (Lipinski definition) is 3. The van der Waals surface area contributed by atoms with Crippen LogP contribution in [0.3, 0.4) is 0 Å². The summed E-state index contributed by atoms with van der Waals surface area (Å²) in [7, 11) is 0. The van der Waals surface area contributed by atoms with E-state index < -0.39 is 5.82 Å². The van der Waals surface area contributed by atoms with Crippen molar-refractivity contribution in [3.8, 4) is 0 Å². The summed E-state index contributed by atoms with van der Waals surface area (Å²) in [6.07, 6.45) is 6.17. The van der Waals surface area contributed by atoms with Crippen LogP contribution in [0.1, 0.15) is 25.1 Å². The molecule has 4 rings (SSSR count). The van der Waals surface area contributed by atoms with Gasteiger partial charge in [-0.3, -0.25) is 0 Å². The molecule has 7 heteroatoms. The molecule has 6 nitrogen and oxygen atoms in total. The molecule has 1 aromatic heterocycles. The second-order valence-electron chi connectivity index (χ2n) is 7.06. The third kappa shape index (κ3) is 3.81. The minimum atomic E-state index is -0.417. The number of nitrogens with zero attached hydrogens (tertiary/aromatic N) is 4. The Morgan fingerprint density at radius 2 is 2.08 bits per heavy atom. The van der Waals surface area contributed by atoms with E-state index in [1.165, 1.54) is 18.9 Å². The van der Waals surface area contributed by atoms with Gasteiger partial charge in [0, 0.05) is 26.1 Å². The lowest BCUT2D eigenvalue weighted by molar-refractivity contribution is 0.220. The van der Waals surface area contributed by atoms with Crippen molar-refractivity contribution in [2.24, 2.45) is 11.8 Å². The number of rotatable bonds is 5. The molecular formula is C18H22FN5O. The van der Waals surface area contributed by atoms with Crippen molar-refractivity contribution in [2.45, 2.75) is 32.2 Å². The molecule has 1 N–H and O–H groups in total. The predicted octanol–water partition coefficient (Wildman–Crippen LogP) is 2.92. The van der Waals surface area contributed by atoms with Crippen LogP contribution in [-0.2, 0) is 13.0 Å². The zero-order chi connectivity index (χ0) is 17.2. The van der Waals surface area contributed by atoms with Gasteiger partial charge in [-0.2, -0.15) is 0 Å². The fraction of sp³-hybridized carbons (Fsp3) is 0.500.